The maximum absolute atomic E-state index is 4.30. The molecule has 0 bridgehead atoms. The van der Waals surface area contributed by atoms with Crippen LogP contribution in [0.5, 0.6) is 0 Å². The van der Waals surface area contributed by atoms with Crippen molar-refractivity contribution in [3.8, 4) is 0 Å². The van der Waals surface area contributed by atoms with Crippen molar-refractivity contribution in [2.45, 2.75) is 56.7 Å². The molecule has 0 aromatic rings. The van der Waals surface area contributed by atoms with Gasteiger partial charge in [-0.1, -0.05) is 19.3 Å². The molecule has 1 rings (SSSR count). The molecular weight excluding hydrogens is 230 g/mol. The predicted octanol–water partition coefficient (Wildman–Crippen LogP) is 2.63. The molecule has 4 heteroatoms. The lowest BCUT2D eigenvalue weighted by atomic mass is 9.96. The number of guanidine groups is 1. The summed E-state index contributed by atoms with van der Waals surface area (Å²) in [5.41, 5.74) is 0. The molecular formula is C13H27N3S. The summed E-state index contributed by atoms with van der Waals surface area (Å²) in [6.07, 6.45) is 8.82. The highest BCUT2D eigenvalue weighted by atomic mass is 32.2. The van der Waals surface area contributed by atoms with Gasteiger partial charge in [0.2, 0.25) is 0 Å². The molecule has 0 atom stereocenters. The van der Waals surface area contributed by atoms with Crippen molar-refractivity contribution in [1.29, 1.82) is 0 Å². The van der Waals surface area contributed by atoms with Crippen LogP contribution >= 0.6 is 11.8 Å². The van der Waals surface area contributed by atoms with Crippen molar-refractivity contribution < 1.29 is 0 Å². The van der Waals surface area contributed by atoms with Crippen molar-refractivity contribution in [3.63, 3.8) is 0 Å². The number of aliphatic imine (C=N–C) groups is 1. The highest BCUT2D eigenvalue weighted by Crippen LogP contribution is 2.20. The van der Waals surface area contributed by atoms with Gasteiger partial charge in [0, 0.05) is 24.4 Å². The van der Waals surface area contributed by atoms with Gasteiger partial charge in [0.1, 0.15) is 0 Å². The minimum absolute atomic E-state index is 0.254. The Morgan fingerprint density at radius 1 is 1.29 bits per heavy atom. The highest BCUT2D eigenvalue weighted by molar-refractivity contribution is 7.99. The van der Waals surface area contributed by atoms with Crippen molar-refractivity contribution >= 4 is 17.7 Å². The van der Waals surface area contributed by atoms with Crippen molar-refractivity contribution in [2.24, 2.45) is 4.99 Å². The van der Waals surface area contributed by atoms with Crippen LogP contribution < -0.4 is 10.6 Å². The van der Waals surface area contributed by atoms with E-state index in [1.165, 1.54) is 32.1 Å². The lowest BCUT2D eigenvalue weighted by Gasteiger charge is -2.27. The van der Waals surface area contributed by atoms with E-state index in [1.807, 2.05) is 18.8 Å². The van der Waals surface area contributed by atoms with Crippen LogP contribution in [0.2, 0.25) is 0 Å². The van der Waals surface area contributed by atoms with Crippen LogP contribution in [0.15, 0.2) is 4.99 Å². The van der Waals surface area contributed by atoms with E-state index in [4.69, 9.17) is 0 Å². The zero-order valence-electron chi connectivity index (χ0n) is 11.7. The standard InChI is InChI=1S/C13H27N3S/c1-13(2,17-4)10-15-12(14-3)16-11-8-6-5-7-9-11/h11H,5-10H2,1-4H3,(H2,14,15,16). The summed E-state index contributed by atoms with van der Waals surface area (Å²) >= 11 is 1.88. The third-order valence-corrected chi connectivity index (χ3v) is 4.65. The Bertz CT molecular complexity index is 245. The van der Waals surface area contributed by atoms with Gasteiger partial charge in [-0.25, -0.2) is 0 Å². The molecule has 0 aromatic heterocycles. The first-order valence-electron chi connectivity index (χ1n) is 6.60. The van der Waals surface area contributed by atoms with Crippen molar-refractivity contribution in [1.82, 2.24) is 10.6 Å². The van der Waals surface area contributed by atoms with Crippen LogP contribution in [0.4, 0.5) is 0 Å². The molecule has 0 amide bonds. The average Bonchev–Trinajstić information content (AvgIpc) is 2.35. The largest absolute Gasteiger partial charge is 0.355 e. The monoisotopic (exact) mass is 257 g/mol. The van der Waals surface area contributed by atoms with E-state index in [-0.39, 0.29) is 4.75 Å². The summed E-state index contributed by atoms with van der Waals surface area (Å²) in [4.78, 5) is 4.30. The Labute approximate surface area is 110 Å². The van der Waals surface area contributed by atoms with Crippen LogP contribution in [0.25, 0.3) is 0 Å². The second kappa shape index (κ2) is 7.14. The van der Waals surface area contributed by atoms with E-state index in [0.717, 1.165) is 12.5 Å². The molecule has 1 aliphatic carbocycles. The second-order valence-electron chi connectivity index (χ2n) is 5.37. The molecule has 0 saturated heterocycles. The van der Waals surface area contributed by atoms with Gasteiger partial charge >= 0.3 is 0 Å². The normalized spacial score (nSPS) is 19.2. The minimum Gasteiger partial charge on any atom is -0.355 e. The van der Waals surface area contributed by atoms with E-state index in [0.29, 0.717) is 6.04 Å². The van der Waals surface area contributed by atoms with Gasteiger partial charge in [-0.05, 0) is 32.9 Å². The fourth-order valence-electron chi connectivity index (χ4n) is 2.00. The summed E-state index contributed by atoms with van der Waals surface area (Å²) in [5.74, 6) is 0.957. The maximum Gasteiger partial charge on any atom is 0.191 e. The first-order valence-corrected chi connectivity index (χ1v) is 7.82. The number of hydrogen-bond acceptors (Lipinski definition) is 2. The quantitative estimate of drug-likeness (QED) is 0.600. The van der Waals surface area contributed by atoms with Gasteiger partial charge in [0.05, 0.1) is 0 Å². The van der Waals surface area contributed by atoms with Gasteiger partial charge in [0.15, 0.2) is 5.96 Å². The fraction of sp³-hybridized carbons (Fsp3) is 0.923. The molecule has 1 fully saturated rings. The molecule has 0 radical (unpaired) electrons. The van der Waals surface area contributed by atoms with Crippen molar-refractivity contribution in [2.75, 3.05) is 19.8 Å². The molecule has 17 heavy (non-hydrogen) atoms. The first kappa shape index (κ1) is 14.7. The summed E-state index contributed by atoms with van der Waals surface area (Å²) < 4.78 is 0.254. The molecule has 0 heterocycles. The van der Waals surface area contributed by atoms with Gasteiger partial charge in [-0.2, -0.15) is 11.8 Å². The van der Waals surface area contributed by atoms with Gasteiger partial charge < -0.3 is 10.6 Å². The van der Waals surface area contributed by atoms with Crippen molar-refractivity contribution in [3.05, 3.63) is 0 Å². The SMILES string of the molecule is CN=C(NCC(C)(C)SC)NC1CCCCC1. The highest BCUT2D eigenvalue weighted by Gasteiger charge is 2.18. The van der Waals surface area contributed by atoms with E-state index in [1.54, 1.807) is 0 Å². The van der Waals surface area contributed by atoms with E-state index in [9.17, 15) is 0 Å². The zero-order chi connectivity index (χ0) is 12.7. The van der Waals surface area contributed by atoms with Crippen LogP contribution in [0, 0.1) is 0 Å². The topological polar surface area (TPSA) is 36.4 Å². The van der Waals surface area contributed by atoms with E-state index >= 15 is 0 Å². The van der Waals surface area contributed by atoms with E-state index in [2.05, 4.69) is 35.7 Å². The van der Waals surface area contributed by atoms with Crippen LogP contribution in [-0.2, 0) is 0 Å². The fourth-order valence-corrected chi connectivity index (χ4v) is 2.22. The third-order valence-electron chi connectivity index (χ3n) is 3.40. The summed E-state index contributed by atoms with van der Waals surface area (Å²) in [6, 6.07) is 0.618. The Morgan fingerprint density at radius 3 is 2.47 bits per heavy atom. The predicted molar refractivity (Wildman–Crippen MR) is 79.0 cm³/mol. The molecule has 0 spiro atoms. The minimum atomic E-state index is 0.254. The maximum atomic E-state index is 4.30. The smallest absolute Gasteiger partial charge is 0.191 e. The van der Waals surface area contributed by atoms with Crippen LogP contribution in [0.1, 0.15) is 46.0 Å². The molecule has 2 N–H and O–H groups in total. The average molecular weight is 257 g/mol. The Kier molecular flexibility index (Phi) is 6.17. The molecule has 0 aliphatic heterocycles. The molecule has 0 aromatic carbocycles. The van der Waals surface area contributed by atoms with E-state index < -0.39 is 0 Å². The Hall–Kier alpha value is -0.380. The summed E-state index contributed by atoms with van der Waals surface area (Å²) in [7, 11) is 1.85. The molecule has 0 unspecified atom stereocenters. The number of nitrogens with one attached hydrogen (secondary N) is 2. The number of rotatable bonds is 4. The Balaban J connectivity index is 2.33. The zero-order valence-corrected chi connectivity index (χ0v) is 12.5. The summed E-state index contributed by atoms with van der Waals surface area (Å²) in [5, 5.41) is 6.96. The lowest BCUT2D eigenvalue weighted by Crippen LogP contribution is -2.47. The molecule has 3 nitrogen and oxygen atoms in total. The molecule has 1 aliphatic rings. The Morgan fingerprint density at radius 2 is 1.94 bits per heavy atom. The second-order valence-corrected chi connectivity index (χ2v) is 6.88. The number of nitrogens with zero attached hydrogens (tertiary/aromatic N) is 1. The first-order chi connectivity index (χ1) is 8.07. The number of thioether (sulfide) groups is 1. The number of hydrogen-bond donors (Lipinski definition) is 2. The third kappa shape index (κ3) is 5.66. The van der Waals surface area contributed by atoms with Gasteiger partial charge in [-0.3, -0.25) is 4.99 Å². The van der Waals surface area contributed by atoms with Gasteiger partial charge in [-0.15, -0.1) is 0 Å². The summed E-state index contributed by atoms with van der Waals surface area (Å²) in [6.45, 7) is 5.44. The lowest BCUT2D eigenvalue weighted by molar-refractivity contribution is 0.409. The molecule has 100 valence electrons. The van der Waals surface area contributed by atoms with Crippen LogP contribution in [0.3, 0.4) is 0 Å². The van der Waals surface area contributed by atoms with Crippen LogP contribution in [-0.4, -0.2) is 36.6 Å². The van der Waals surface area contributed by atoms with Gasteiger partial charge in [0.25, 0.3) is 0 Å². The molecule has 1 saturated carbocycles.